The number of ether oxygens (including phenoxy) is 1. The first-order valence-corrected chi connectivity index (χ1v) is 12.2. The van der Waals surface area contributed by atoms with Crippen LogP contribution in [0.15, 0.2) is 41.1 Å². The second-order valence-electron chi connectivity index (χ2n) is 11.7. The van der Waals surface area contributed by atoms with Gasteiger partial charge in [0.1, 0.15) is 11.8 Å². The molecule has 1 aromatic heterocycles. The van der Waals surface area contributed by atoms with Crippen molar-refractivity contribution >= 4 is 16.6 Å². The highest BCUT2D eigenvalue weighted by Crippen LogP contribution is 2.69. The molecule has 0 amide bonds. The minimum absolute atomic E-state index is 0.0678. The first kappa shape index (κ1) is 19.4. The van der Waals surface area contributed by atoms with E-state index in [2.05, 4.69) is 54.3 Å². The van der Waals surface area contributed by atoms with Gasteiger partial charge in [-0.1, -0.05) is 37.2 Å². The topological polar surface area (TPSA) is 66.8 Å². The zero-order valence-corrected chi connectivity index (χ0v) is 19.4. The Labute approximate surface area is 188 Å². The summed E-state index contributed by atoms with van der Waals surface area (Å²) in [5.41, 5.74) is 4.08. The Hall–Kier alpha value is -2.11. The molecule has 5 heteroatoms. The van der Waals surface area contributed by atoms with Crippen molar-refractivity contribution in [2.45, 2.75) is 88.6 Å². The van der Waals surface area contributed by atoms with Crippen molar-refractivity contribution in [3.63, 3.8) is 0 Å². The Morgan fingerprint density at radius 1 is 1.09 bits per heavy atom. The molecule has 3 heterocycles. The number of benzene rings is 1. The summed E-state index contributed by atoms with van der Waals surface area (Å²) in [5.74, 6) is 0.541. The van der Waals surface area contributed by atoms with Crippen molar-refractivity contribution in [3.05, 3.63) is 47.2 Å². The third-order valence-corrected chi connectivity index (χ3v) is 10.1. The number of fused-ring (bicyclic) bond motifs is 10. The lowest BCUT2D eigenvalue weighted by Crippen LogP contribution is -2.68. The SMILES string of the molecule is CC1(C)ON=C2C=C3[C@H](CCC4(C)[C@@]3(O)CC[C@H]3Cc5c([nH]c6ccccc56)[C@@]34C)O[C@@H]21. The van der Waals surface area contributed by atoms with Crippen molar-refractivity contribution in [2.24, 2.45) is 16.5 Å². The Morgan fingerprint density at radius 2 is 1.91 bits per heavy atom. The molecule has 1 unspecified atom stereocenters. The molecule has 2 N–H and O–H groups in total. The highest BCUT2D eigenvalue weighted by atomic mass is 16.7. The summed E-state index contributed by atoms with van der Waals surface area (Å²) in [6.45, 7) is 8.79. The second kappa shape index (κ2) is 5.68. The maximum Gasteiger partial charge on any atom is 0.163 e. The quantitative estimate of drug-likeness (QED) is 0.630. The molecular formula is C27H32N2O3. The van der Waals surface area contributed by atoms with E-state index in [9.17, 15) is 5.11 Å². The standard InChI is InChI=1S/C27H32N2O3/c1-24(2)23-20(29-32-24)14-18-21(31-23)10-11-25(3)26(4)15(9-12-27(18,25)30)13-17-16-7-5-6-8-19(16)28-22(17)26/h5-8,14-15,21,23,28,30H,9-13H2,1-4H3/t15-,21-,23-,25?,26+,27+/m0/s1. The molecule has 3 aliphatic carbocycles. The molecular weight excluding hydrogens is 400 g/mol. The van der Waals surface area contributed by atoms with Gasteiger partial charge >= 0.3 is 0 Å². The molecule has 1 aromatic carbocycles. The van der Waals surface area contributed by atoms with Gasteiger partial charge in [-0.2, -0.15) is 0 Å². The Bertz CT molecular complexity index is 1220. The molecule has 5 nitrogen and oxygen atoms in total. The average Bonchev–Trinajstić information content (AvgIpc) is 3.38. The van der Waals surface area contributed by atoms with Gasteiger partial charge < -0.3 is 19.7 Å². The van der Waals surface area contributed by atoms with Gasteiger partial charge in [0, 0.05) is 27.4 Å². The molecule has 2 aromatic rings. The van der Waals surface area contributed by atoms with E-state index in [1.165, 1.54) is 22.2 Å². The summed E-state index contributed by atoms with van der Waals surface area (Å²) in [6.07, 6.45) is 6.63. The van der Waals surface area contributed by atoms with Gasteiger partial charge in [-0.3, -0.25) is 0 Å². The van der Waals surface area contributed by atoms with Crippen molar-refractivity contribution in [1.29, 1.82) is 0 Å². The lowest BCUT2D eigenvalue weighted by atomic mass is 9.42. The molecule has 2 aliphatic heterocycles. The molecule has 2 saturated carbocycles. The van der Waals surface area contributed by atoms with Gasteiger partial charge in [-0.15, -0.1) is 0 Å². The van der Waals surface area contributed by atoms with E-state index >= 15 is 0 Å². The molecule has 2 fully saturated rings. The normalized spacial score (nSPS) is 43.3. The highest BCUT2D eigenvalue weighted by Gasteiger charge is 2.70. The number of hydrogen-bond acceptors (Lipinski definition) is 4. The lowest BCUT2D eigenvalue weighted by molar-refractivity contribution is -0.184. The fraction of sp³-hybridized carbons (Fsp3) is 0.593. The van der Waals surface area contributed by atoms with Crippen LogP contribution in [0.3, 0.4) is 0 Å². The predicted octanol–water partition coefficient (Wildman–Crippen LogP) is 4.78. The van der Waals surface area contributed by atoms with Crippen LogP contribution in [0.1, 0.15) is 64.6 Å². The highest BCUT2D eigenvalue weighted by molar-refractivity contribution is 6.01. The maximum atomic E-state index is 12.6. The molecule has 32 heavy (non-hydrogen) atoms. The van der Waals surface area contributed by atoms with Crippen LogP contribution in [-0.4, -0.2) is 39.2 Å². The lowest BCUT2D eigenvalue weighted by Gasteiger charge is -2.64. The van der Waals surface area contributed by atoms with E-state index in [1.54, 1.807) is 0 Å². The molecule has 0 saturated heterocycles. The number of aromatic amines is 1. The van der Waals surface area contributed by atoms with Crippen molar-refractivity contribution in [1.82, 2.24) is 4.98 Å². The molecule has 0 radical (unpaired) electrons. The number of H-pyrrole nitrogens is 1. The smallest absolute Gasteiger partial charge is 0.163 e. The van der Waals surface area contributed by atoms with E-state index < -0.39 is 11.2 Å². The first-order valence-electron chi connectivity index (χ1n) is 12.2. The fourth-order valence-electron chi connectivity index (χ4n) is 8.12. The van der Waals surface area contributed by atoms with Crippen molar-refractivity contribution in [2.75, 3.05) is 0 Å². The first-order chi connectivity index (χ1) is 15.2. The van der Waals surface area contributed by atoms with Crippen molar-refractivity contribution < 1.29 is 14.7 Å². The maximum absolute atomic E-state index is 12.6. The zero-order valence-electron chi connectivity index (χ0n) is 19.4. The van der Waals surface area contributed by atoms with Gasteiger partial charge in [0.05, 0.1) is 11.7 Å². The summed E-state index contributed by atoms with van der Waals surface area (Å²) in [5, 5.41) is 18.2. The zero-order chi connectivity index (χ0) is 22.1. The number of aliphatic hydroxyl groups is 1. The number of oxime groups is 1. The average molecular weight is 433 g/mol. The van der Waals surface area contributed by atoms with E-state index in [-0.39, 0.29) is 23.0 Å². The largest absolute Gasteiger partial charge is 0.386 e. The van der Waals surface area contributed by atoms with Gasteiger partial charge in [0.25, 0.3) is 0 Å². The molecule has 7 rings (SSSR count). The molecule has 168 valence electrons. The predicted molar refractivity (Wildman–Crippen MR) is 124 cm³/mol. The second-order valence-corrected chi connectivity index (χ2v) is 11.7. The van der Waals surface area contributed by atoms with Gasteiger partial charge in [-0.05, 0) is 75.1 Å². The summed E-state index contributed by atoms with van der Waals surface area (Å²) < 4.78 is 6.56. The molecule has 0 bridgehead atoms. The third-order valence-electron chi connectivity index (χ3n) is 10.1. The van der Waals surface area contributed by atoms with Crippen LogP contribution >= 0.6 is 0 Å². The number of nitrogens with one attached hydrogen (secondary N) is 1. The van der Waals surface area contributed by atoms with E-state index in [0.29, 0.717) is 5.92 Å². The molecule has 6 atom stereocenters. The van der Waals surface area contributed by atoms with Gasteiger partial charge in [0.15, 0.2) is 5.60 Å². The van der Waals surface area contributed by atoms with E-state index in [1.807, 2.05) is 13.8 Å². The van der Waals surface area contributed by atoms with E-state index in [0.717, 1.165) is 43.4 Å². The summed E-state index contributed by atoms with van der Waals surface area (Å²) in [7, 11) is 0. The van der Waals surface area contributed by atoms with Crippen LogP contribution in [0, 0.1) is 11.3 Å². The van der Waals surface area contributed by atoms with Gasteiger partial charge in [0.2, 0.25) is 0 Å². The van der Waals surface area contributed by atoms with E-state index in [4.69, 9.17) is 9.57 Å². The van der Waals surface area contributed by atoms with Crippen LogP contribution in [0.25, 0.3) is 10.9 Å². The fourth-order valence-corrected chi connectivity index (χ4v) is 8.12. The van der Waals surface area contributed by atoms with Crippen molar-refractivity contribution in [3.8, 4) is 0 Å². The van der Waals surface area contributed by atoms with Crippen LogP contribution in [0.5, 0.6) is 0 Å². The minimum Gasteiger partial charge on any atom is -0.386 e. The summed E-state index contributed by atoms with van der Waals surface area (Å²) >= 11 is 0. The minimum atomic E-state index is -0.916. The summed E-state index contributed by atoms with van der Waals surface area (Å²) in [6, 6.07) is 8.66. The molecule has 0 spiro atoms. The van der Waals surface area contributed by atoms with Crippen LogP contribution in [0.4, 0.5) is 0 Å². The third kappa shape index (κ3) is 1.98. The van der Waals surface area contributed by atoms with Crippen LogP contribution < -0.4 is 0 Å². The van der Waals surface area contributed by atoms with Crippen LogP contribution in [0.2, 0.25) is 0 Å². The molecule has 5 aliphatic rings. The Morgan fingerprint density at radius 3 is 2.75 bits per heavy atom. The Kier molecular flexibility index (Phi) is 3.44. The number of aromatic nitrogens is 1. The monoisotopic (exact) mass is 432 g/mol. The summed E-state index contributed by atoms with van der Waals surface area (Å²) in [4.78, 5) is 9.49. The Balaban J connectivity index is 1.39. The number of nitrogens with zero attached hydrogens (tertiary/aromatic N) is 1. The van der Waals surface area contributed by atoms with Crippen LogP contribution in [-0.2, 0) is 21.4 Å². The number of rotatable bonds is 0. The number of para-hydroxylation sites is 1. The number of hydrogen-bond donors (Lipinski definition) is 2. The van der Waals surface area contributed by atoms with Gasteiger partial charge in [-0.25, -0.2) is 0 Å².